The lowest BCUT2D eigenvalue weighted by Gasteiger charge is -2.42. The Balaban J connectivity index is 1.53. The van der Waals surface area contributed by atoms with E-state index in [1.165, 1.54) is 6.92 Å². The van der Waals surface area contributed by atoms with Gasteiger partial charge in [-0.2, -0.15) is 0 Å². The Hall–Kier alpha value is -3.27. The van der Waals surface area contributed by atoms with Gasteiger partial charge in [-0.1, -0.05) is 55.5 Å². The fourth-order valence-electron chi connectivity index (χ4n) is 4.77. The molecule has 0 saturated carbocycles. The zero-order valence-electron chi connectivity index (χ0n) is 21.9. The van der Waals surface area contributed by atoms with Crippen LogP contribution < -0.4 is 5.32 Å². The number of anilines is 1. The number of nitrogens with one attached hydrogen (secondary N) is 1. The Labute approximate surface area is 223 Å². The first-order valence-corrected chi connectivity index (χ1v) is 12.8. The molecule has 1 amide bonds. The van der Waals surface area contributed by atoms with Crippen LogP contribution in [0.5, 0.6) is 5.75 Å². The molecule has 1 fully saturated rings. The zero-order valence-corrected chi connectivity index (χ0v) is 21.9. The van der Waals surface area contributed by atoms with E-state index in [9.17, 15) is 20.1 Å². The van der Waals surface area contributed by atoms with Crippen molar-refractivity contribution in [3.8, 4) is 5.75 Å². The lowest BCUT2D eigenvalue weighted by molar-refractivity contribution is -0.276. The molecule has 1 aliphatic heterocycles. The molecule has 38 heavy (non-hydrogen) atoms. The molecule has 4 N–H and O–H groups in total. The predicted octanol–water partition coefficient (Wildman–Crippen LogP) is 4.30. The maximum Gasteiger partial charge on any atom is 0.221 e. The number of phenols is 1. The topological polar surface area (TPSA) is 111 Å². The molecule has 0 unspecified atom stereocenters. The van der Waals surface area contributed by atoms with Gasteiger partial charge < -0.3 is 35.0 Å². The second kappa shape index (κ2) is 12.5. The van der Waals surface area contributed by atoms with Crippen LogP contribution in [0.15, 0.2) is 72.8 Å². The number of benzene rings is 3. The summed E-state index contributed by atoms with van der Waals surface area (Å²) in [6, 6.07) is 21.8. The van der Waals surface area contributed by atoms with Crippen LogP contribution in [0.25, 0.3) is 0 Å². The maximum atomic E-state index is 11.4. The van der Waals surface area contributed by atoms with Crippen LogP contribution in [0.2, 0.25) is 0 Å². The van der Waals surface area contributed by atoms with Crippen LogP contribution in [-0.4, -0.2) is 52.4 Å². The summed E-state index contributed by atoms with van der Waals surface area (Å²) in [6.45, 7) is 4.44. The van der Waals surface area contributed by atoms with Crippen LogP contribution in [0, 0.1) is 5.92 Å². The molecule has 3 aromatic carbocycles. The van der Waals surface area contributed by atoms with Crippen molar-refractivity contribution >= 4 is 11.6 Å². The number of hydrogen-bond acceptors (Lipinski definition) is 7. The van der Waals surface area contributed by atoms with E-state index in [4.69, 9.17) is 9.47 Å². The van der Waals surface area contributed by atoms with Crippen LogP contribution in [0.4, 0.5) is 5.69 Å². The van der Waals surface area contributed by atoms with Gasteiger partial charge in [0.25, 0.3) is 0 Å². The van der Waals surface area contributed by atoms with Crippen molar-refractivity contribution in [3.05, 3.63) is 95.1 Å². The minimum Gasteiger partial charge on any atom is -0.508 e. The molecule has 1 aliphatic rings. The number of ether oxygens (including phenoxy) is 2. The second-order valence-corrected chi connectivity index (χ2v) is 9.96. The second-order valence-electron chi connectivity index (χ2n) is 9.96. The number of likely N-dealkylation sites (N-methyl/N-ethyl adjacent to an activating group) is 1. The molecule has 0 aliphatic carbocycles. The SMILES string of the molecule is CC(=O)Nc1ccc([C@@H]2O[C@H](CN(C)C[C@@H](O)c3cccc(O)c3)[C@H](C)[C@H](c3ccc(CO)cc3)O2)cc1. The number of carbonyl (C=O) groups is 1. The van der Waals surface area contributed by atoms with Crippen molar-refractivity contribution in [2.45, 2.75) is 45.1 Å². The third-order valence-corrected chi connectivity index (χ3v) is 6.86. The zero-order chi connectivity index (χ0) is 27.2. The van der Waals surface area contributed by atoms with Gasteiger partial charge in [0.05, 0.1) is 24.9 Å². The van der Waals surface area contributed by atoms with Crippen molar-refractivity contribution in [2.24, 2.45) is 5.92 Å². The summed E-state index contributed by atoms with van der Waals surface area (Å²) in [6.07, 6.45) is -1.87. The largest absolute Gasteiger partial charge is 0.508 e. The van der Waals surface area contributed by atoms with Crippen molar-refractivity contribution in [2.75, 3.05) is 25.5 Å². The molecule has 0 bridgehead atoms. The molecule has 5 atom stereocenters. The van der Waals surface area contributed by atoms with E-state index in [-0.39, 0.29) is 36.4 Å². The third-order valence-electron chi connectivity index (χ3n) is 6.86. The molecule has 8 nitrogen and oxygen atoms in total. The first kappa shape index (κ1) is 27.8. The monoisotopic (exact) mass is 520 g/mol. The number of aliphatic hydroxyl groups excluding tert-OH is 2. The molecule has 202 valence electrons. The van der Waals surface area contributed by atoms with Gasteiger partial charge in [0.2, 0.25) is 5.91 Å². The van der Waals surface area contributed by atoms with Crippen molar-refractivity contribution in [1.82, 2.24) is 4.90 Å². The Morgan fingerprint density at radius 2 is 1.71 bits per heavy atom. The van der Waals surface area contributed by atoms with Crippen molar-refractivity contribution in [1.29, 1.82) is 0 Å². The number of aromatic hydroxyl groups is 1. The Bertz CT molecular complexity index is 1200. The highest BCUT2D eigenvalue weighted by Gasteiger charge is 2.39. The van der Waals surface area contributed by atoms with Crippen molar-refractivity contribution in [3.63, 3.8) is 0 Å². The highest BCUT2D eigenvalue weighted by Crippen LogP contribution is 2.42. The molecule has 0 aromatic heterocycles. The summed E-state index contributed by atoms with van der Waals surface area (Å²) in [5, 5.41) is 32.7. The van der Waals surface area contributed by atoms with Crippen LogP contribution in [0.3, 0.4) is 0 Å². The quantitative estimate of drug-likeness (QED) is 0.333. The van der Waals surface area contributed by atoms with Gasteiger partial charge in [-0.3, -0.25) is 4.79 Å². The Morgan fingerprint density at radius 3 is 2.34 bits per heavy atom. The lowest BCUT2D eigenvalue weighted by atomic mass is 9.90. The average Bonchev–Trinajstić information content (AvgIpc) is 2.90. The number of aliphatic hydroxyl groups is 2. The Morgan fingerprint density at radius 1 is 1.03 bits per heavy atom. The minimum atomic E-state index is -0.763. The van der Waals surface area contributed by atoms with Gasteiger partial charge in [-0.15, -0.1) is 0 Å². The minimum absolute atomic E-state index is 0.00904. The summed E-state index contributed by atoms with van der Waals surface area (Å²) in [4.78, 5) is 13.4. The fourth-order valence-corrected chi connectivity index (χ4v) is 4.77. The maximum absolute atomic E-state index is 11.4. The van der Waals surface area contributed by atoms with Gasteiger partial charge in [0.1, 0.15) is 5.75 Å². The van der Waals surface area contributed by atoms with Crippen molar-refractivity contribution < 1.29 is 29.6 Å². The normalized spacial score (nSPS) is 22.3. The number of carbonyl (C=O) groups excluding carboxylic acids is 1. The van der Waals surface area contributed by atoms with E-state index in [1.54, 1.807) is 24.3 Å². The van der Waals surface area contributed by atoms with E-state index < -0.39 is 12.4 Å². The fraction of sp³-hybridized carbons (Fsp3) is 0.367. The van der Waals surface area contributed by atoms with Gasteiger partial charge in [-0.05, 0) is 48.0 Å². The summed E-state index contributed by atoms with van der Waals surface area (Å²) < 4.78 is 12.9. The van der Waals surface area contributed by atoms with Crippen LogP contribution in [0.1, 0.15) is 54.6 Å². The number of hydrogen-bond donors (Lipinski definition) is 4. The van der Waals surface area contributed by atoms with Gasteiger partial charge in [0.15, 0.2) is 6.29 Å². The number of phenolic OH excluding ortho intramolecular Hbond substituents is 1. The molecule has 4 rings (SSSR count). The highest BCUT2D eigenvalue weighted by molar-refractivity contribution is 5.88. The summed E-state index contributed by atoms with van der Waals surface area (Å²) in [7, 11) is 1.93. The lowest BCUT2D eigenvalue weighted by Crippen LogP contribution is -2.44. The van der Waals surface area contributed by atoms with Gasteiger partial charge in [-0.25, -0.2) is 0 Å². The molecular formula is C30H36N2O6. The summed E-state index contributed by atoms with van der Waals surface area (Å²) >= 11 is 0. The van der Waals surface area contributed by atoms with E-state index >= 15 is 0 Å². The smallest absolute Gasteiger partial charge is 0.221 e. The predicted molar refractivity (Wildman–Crippen MR) is 144 cm³/mol. The number of nitrogens with zero attached hydrogens (tertiary/aromatic N) is 1. The highest BCUT2D eigenvalue weighted by atomic mass is 16.7. The first-order chi connectivity index (χ1) is 18.2. The molecule has 1 heterocycles. The molecule has 1 saturated heterocycles. The summed E-state index contributed by atoms with van der Waals surface area (Å²) in [5.74, 6) is -0.0302. The van der Waals surface area contributed by atoms with E-state index in [1.807, 2.05) is 60.5 Å². The van der Waals surface area contributed by atoms with E-state index in [0.29, 0.717) is 24.3 Å². The number of rotatable bonds is 9. The summed E-state index contributed by atoms with van der Waals surface area (Å²) in [5.41, 5.74) is 3.99. The molecule has 8 heteroatoms. The first-order valence-electron chi connectivity index (χ1n) is 12.8. The molecule has 3 aromatic rings. The van der Waals surface area contributed by atoms with E-state index in [0.717, 1.165) is 16.7 Å². The van der Waals surface area contributed by atoms with Gasteiger partial charge >= 0.3 is 0 Å². The van der Waals surface area contributed by atoms with Crippen LogP contribution in [-0.2, 0) is 20.9 Å². The standard InChI is InChI=1S/C30H36N2O6/c1-19-28(17-32(3)16-27(36)24-5-4-6-26(35)15-24)37-30(23-11-13-25(14-12-23)31-20(2)34)38-29(19)22-9-7-21(18-33)8-10-22/h4-15,19,27-30,33,35-36H,16-18H2,1-3H3,(H,31,34)/t19-,27+,28+,29+,30+/m0/s1. The molecule has 0 spiro atoms. The third kappa shape index (κ3) is 6.98. The van der Waals surface area contributed by atoms with E-state index in [2.05, 4.69) is 12.2 Å². The molecular weight excluding hydrogens is 484 g/mol. The molecule has 0 radical (unpaired) electrons. The number of amides is 1. The average molecular weight is 521 g/mol. The van der Waals surface area contributed by atoms with Crippen LogP contribution >= 0.6 is 0 Å². The Kier molecular flexibility index (Phi) is 9.14. The van der Waals surface area contributed by atoms with Gasteiger partial charge in [0, 0.05) is 37.2 Å².